The van der Waals surface area contributed by atoms with Gasteiger partial charge in [0.25, 0.3) is 0 Å². The van der Waals surface area contributed by atoms with Crippen LogP contribution in [0.4, 0.5) is 18.9 Å². The smallest absolute Gasteiger partial charge is 0.417 e. The number of rotatable bonds is 4. The minimum atomic E-state index is -4.64. The Morgan fingerprint density at radius 2 is 1.93 bits per heavy atom. The maximum atomic E-state index is 13.0. The first kappa shape index (κ1) is 20.3. The van der Waals surface area contributed by atoms with Crippen molar-refractivity contribution in [1.82, 2.24) is 4.90 Å². The number of carbonyl (C=O) groups excluding carboxylic acids is 2. The normalized spacial score (nSPS) is 18.1. The van der Waals surface area contributed by atoms with Crippen LogP contribution in [0.3, 0.4) is 0 Å². The zero-order valence-electron chi connectivity index (χ0n) is 15.5. The highest BCUT2D eigenvalue weighted by Crippen LogP contribution is 2.36. The first-order chi connectivity index (χ1) is 14.2. The Kier molecular flexibility index (Phi) is 5.23. The minimum absolute atomic E-state index is 0.0178. The van der Waals surface area contributed by atoms with E-state index in [-0.39, 0.29) is 31.4 Å². The summed E-state index contributed by atoms with van der Waals surface area (Å²) >= 11 is 5.59. The van der Waals surface area contributed by atoms with Gasteiger partial charge in [0.05, 0.1) is 16.5 Å². The van der Waals surface area contributed by atoms with Gasteiger partial charge < -0.3 is 19.7 Å². The second kappa shape index (κ2) is 7.71. The summed E-state index contributed by atoms with van der Waals surface area (Å²) in [6, 6.07) is 8.47. The Bertz CT molecular complexity index is 1010. The van der Waals surface area contributed by atoms with Crippen molar-refractivity contribution in [3.8, 4) is 11.5 Å². The zero-order chi connectivity index (χ0) is 21.5. The van der Waals surface area contributed by atoms with Gasteiger partial charge in [-0.3, -0.25) is 9.59 Å². The van der Waals surface area contributed by atoms with Crippen LogP contribution in [0, 0.1) is 5.92 Å². The summed E-state index contributed by atoms with van der Waals surface area (Å²) in [6.07, 6.45) is -4.65. The first-order valence-electron chi connectivity index (χ1n) is 9.04. The molecule has 2 aromatic rings. The lowest BCUT2D eigenvalue weighted by Crippen LogP contribution is -2.28. The number of benzene rings is 2. The molecular weight excluding hydrogens is 425 g/mol. The molecule has 0 bridgehead atoms. The van der Waals surface area contributed by atoms with Crippen molar-refractivity contribution < 1.29 is 32.2 Å². The van der Waals surface area contributed by atoms with Crippen molar-refractivity contribution >= 4 is 29.1 Å². The van der Waals surface area contributed by atoms with Gasteiger partial charge in [-0.05, 0) is 35.9 Å². The van der Waals surface area contributed by atoms with Gasteiger partial charge in [0.15, 0.2) is 11.5 Å². The van der Waals surface area contributed by atoms with E-state index in [4.69, 9.17) is 21.1 Å². The van der Waals surface area contributed by atoms with Crippen LogP contribution >= 0.6 is 11.6 Å². The summed E-state index contributed by atoms with van der Waals surface area (Å²) in [5, 5.41) is 2.00. The van der Waals surface area contributed by atoms with E-state index in [0.29, 0.717) is 18.0 Å². The monoisotopic (exact) mass is 440 g/mol. The Hall–Kier alpha value is -2.94. The second-order valence-corrected chi connectivity index (χ2v) is 7.45. The molecule has 1 N–H and O–H groups in total. The largest absolute Gasteiger partial charge is 0.454 e. The lowest BCUT2D eigenvalue weighted by Gasteiger charge is -2.17. The molecule has 1 fully saturated rings. The molecule has 30 heavy (non-hydrogen) atoms. The zero-order valence-corrected chi connectivity index (χ0v) is 16.2. The topological polar surface area (TPSA) is 67.9 Å². The summed E-state index contributed by atoms with van der Waals surface area (Å²) in [7, 11) is 0. The number of carbonyl (C=O) groups is 2. The summed E-state index contributed by atoms with van der Waals surface area (Å²) in [5.74, 6) is -0.176. The number of nitrogens with zero attached hydrogens (tertiary/aromatic N) is 1. The lowest BCUT2D eigenvalue weighted by molar-refractivity contribution is -0.137. The average molecular weight is 441 g/mol. The second-order valence-electron chi connectivity index (χ2n) is 7.04. The molecule has 1 saturated heterocycles. The lowest BCUT2D eigenvalue weighted by atomic mass is 10.1. The van der Waals surface area contributed by atoms with Crippen molar-refractivity contribution in [3.05, 3.63) is 52.5 Å². The number of fused-ring (bicyclic) bond motifs is 1. The maximum absolute atomic E-state index is 13.0. The van der Waals surface area contributed by atoms with Crippen LogP contribution in [0.25, 0.3) is 0 Å². The predicted octanol–water partition coefficient (Wildman–Crippen LogP) is 4.07. The fourth-order valence-electron chi connectivity index (χ4n) is 3.42. The molecule has 0 aromatic heterocycles. The van der Waals surface area contributed by atoms with Crippen molar-refractivity contribution in [1.29, 1.82) is 0 Å². The number of amides is 2. The predicted molar refractivity (Wildman–Crippen MR) is 101 cm³/mol. The molecule has 0 aliphatic carbocycles. The van der Waals surface area contributed by atoms with Gasteiger partial charge in [-0.15, -0.1) is 0 Å². The highest BCUT2D eigenvalue weighted by molar-refractivity contribution is 6.31. The molecule has 1 unspecified atom stereocenters. The number of nitrogens with one attached hydrogen (secondary N) is 1. The number of hydrogen-bond donors (Lipinski definition) is 1. The molecule has 1 atom stereocenters. The first-order valence-corrected chi connectivity index (χ1v) is 9.42. The summed E-state index contributed by atoms with van der Waals surface area (Å²) in [4.78, 5) is 26.4. The molecule has 2 aromatic carbocycles. The van der Waals surface area contributed by atoms with Crippen LogP contribution < -0.4 is 14.8 Å². The SMILES string of the molecule is O=C(Nc1ccc(Cl)c(C(F)(F)F)c1)C1CC(=O)N(Cc2ccc3c(c2)OCO3)C1. The fraction of sp³-hybridized carbons (Fsp3) is 0.300. The van der Waals surface area contributed by atoms with Crippen LogP contribution in [0.5, 0.6) is 11.5 Å². The molecular formula is C20H16ClF3N2O4. The number of anilines is 1. The molecule has 10 heteroatoms. The van der Waals surface area contributed by atoms with Gasteiger partial charge in [0, 0.05) is 25.2 Å². The molecule has 0 spiro atoms. The fourth-order valence-corrected chi connectivity index (χ4v) is 3.65. The van der Waals surface area contributed by atoms with E-state index in [2.05, 4.69) is 5.32 Å². The van der Waals surface area contributed by atoms with E-state index in [9.17, 15) is 22.8 Å². The van der Waals surface area contributed by atoms with E-state index < -0.39 is 28.6 Å². The molecule has 0 radical (unpaired) electrons. The number of halogens is 4. The molecule has 4 rings (SSSR count). The maximum Gasteiger partial charge on any atom is 0.417 e. The van der Waals surface area contributed by atoms with E-state index in [1.807, 2.05) is 0 Å². The molecule has 6 nitrogen and oxygen atoms in total. The van der Waals surface area contributed by atoms with Crippen LogP contribution in [-0.2, 0) is 22.3 Å². The van der Waals surface area contributed by atoms with Gasteiger partial charge in [0.2, 0.25) is 18.6 Å². The third kappa shape index (κ3) is 4.16. The van der Waals surface area contributed by atoms with E-state index in [1.54, 1.807) is 18.2 Å². The van der Waals surface area contributed by atoms with Gasteiger partial charge in [0.1, 0.15) is 0 Å². The van der Waals surface area contributed by atoms with Crippen molar-refractivity contribution in [2.75, 3.05) is 18.7 Å². The van der Waals surface area contributed by atoms with E-state index in [1.165, 1.54) is 11.0 Å². The molecule has 2 heterocycles. The number of ether oxygens (including phenoxy) is 2. The minimum Gasteiger partial charge on any atom is -0.454 e. The Labute approximate surface area is 174 Å². The highest BCUT2D eigenvalue weighted by atomic mass is 35.5. The molecule has 0 saturated carbocycles. The third-order valence-corrected chi connectivity index (χ3v) is 5.26. The van der Waals surface area contributed by atoms with Crippen molar-refractivity contribution in [2.45, 2.75) is 19.1 Å². The van der Waals surface area contributed by atoms with Gasteiger partial charge in [-0.25, -0.2) is 0 Å². The Morgan fingerprint density at radius 1 is 1.17 bits per heavy atom. The Balaban J connectivity index is 1.41. The molecule has 2 aliphatic heterocycles. The summed E-state index contributed by atoms with van der Waals surface area (Å²) in [6.45, 7) is 0.599. The summed E-state index contributed by atoms with van der Waals surface area (Å²) < 4.78 is 49.6. The van der Waals surface area contributed by atoms with Crippen LogP contribution in [0.1, 0.15) is 17.5 Å². The van der Waals surface area contributed by atoms with Crippen LogP contribution in [0.2, 0.25) is 5.02 Å². The van der Waals surface area contributed by atoms with Crippen molar-refractivity contribution in [3.63, 3.8) is 0 Å². The number of likely N-dealkylation sites (tertiary alicyclic amines) is 1. The molecule has 2 aliphatic rings. The molecule has 2 amide bonds. The summed E-state index contributed by atoms with van der Waals surface area (Å²) in [5.41, 5.74) is -0.242. The van der Waals surface area contributed by atoms with Gasteiger partial charge >= 0.3 is 6.18 Å². The van der Waals surface area contributed by atoms with Gasteiger partial charge in [-0.1, -0.05) is 17.7 Å². The third-order valence-electron chi connectivity index (χ3n) is 4.94. The van der Waals surface area contributed by atoms with Crippen molar-refractivity contribution in [2.24, 2.45) is 5.92 Å². The molecule has 158 valence electrons. The number of hydrogen-bond acceptors (Lipinski definition) is 4. The standard InChI is InChI=1S/C20H16ClF3N2O4/c21-15-3-2-13(7-14(15)20(22,23)24)25-19(28)12-6-18(27)26(9-12)8-11-1-4-16-17(5-11)30-10-29-16/h1-5,7,12H,6,8-10H2,(H,25,28). The Morgan fingerprint density at radius 3 is 2.70 bits per heavy atom. The van der Waals surface area contributed by atoms with E-state index in [0.717, 1.165) is 17.7 Å². The van der Waals surface area contributed by atoms with Crippen LogP contribution in [0.15, 0.2) is 36.4 Å². The quantitative estimate of drug-likeness (QED) is 0.778. The van der Waals surface area contributed by atoms with Gasteiger partial charge in [-0.2, -0.15) is 13.2 Å². The average Bonchev–Trinajstić information content (AvgIpc) is 3.29. The number of alkyl halides is 3. The van der Waals surface area contributed by atoms with Crippen LogP contribution in [-0.4, -0.2) is 30.1 Å². The van der Waals surface area contributed by atoms with E-state index >= 15 is 0 Å². The highest BCUT2D eigenvalue weighted by Gasteiger charge is 2.36.